The van der Waals surface area contributed by atoms with E-state index in [-0.39, 0.29) is 90.1 Å². The summed E-state index contributed by atoms with van der Waals surface area (Å²) in [6, 6.07) is 0. The van der Waals surface area contributed by atoms with Crippen LogP contribution in [0.25, 0.3) is 0 Å². The van der Waals surface area contributed by atoms with Crippen LogP contribution < -0.4 is 0 Å². The van der Waals surface area contributed by atoms with Gasteiger partial charge in [-0.25, -0.2) is 0 Å². The molecule has 0 rings (SSSR count). The van der Waals surface area contributed by atoms with Gasteiger partial charge in [0.2, 0.25) is 0 Å². The first-order chi connectivity index (χ1) is 1.73. The van der Waals surface area contributed by atoms with Gasteiger partial charge < -0.3 is 15.1 Å². The van der Waals surface area contributed by atoms with Gasteiger partial charge in [-0.1, -0.05) is 0 Å². The zero-order valence-corrected chi connectivity index (χ0v) is 3.30. The molecular weight excluding hydrogens is 182 g/mol. The molecule has 0 spiro atoms. The van der Waals surface area contributed by atoms with E-state index in [2.05, 4.69) is 0 Å². The van der Waals surface area contributed by atoms with Crippen molar-refractivity contribution in [2.75, 3.05) is 0 Å². The summed E-state index contributed by atoms with van der Waals surface area (Å²) in [5.41, 5.74) is 0. The Morgan fingerprint density at radius 1 is 1.25 bits per heavy atom. The first-order valence-corrected chi connectivity index (χ1v) is 1.95. The van der Waals surface area contributed by atoms with Crippen LogP contribution in [-0.2, 0) is 4.46 Å². The number of rotatable bonds is 0. The zero-order valence-electron chi connectivity index (χ0n) is 2.30. The van der Waals surface area contributed by atoms with Crippen molar-refractivity contribution in [3.63, 3.8) is 0 Å². The summed E-state index contributed by atoms with van der Waals surface area (Å²) in [6.07, 6.45) is 0. The van der Waals surface area contributed by atoms with Crippen LogP contribution in [0.15, 0.2) is 0 Å². The fourth-order valence-corrected chi connectivity index (χ4v) is 0. The fraction of sp³-hybridized carbons (Fsp3) is 0. The average Bonchev–Trinajstić information content (AvgIpc) is 0.811. The number of hydrogen-bond acceptors (Lipinski definition) is 1. The molecule has 4 nitrogen and oxygen atoms in total. The summed E-state index contributed by atoms with van der Waals surface area (Å²) >= 11 is 0. The third-order valence-electron chi connectivity index (χ3n) is 0. The molecule has 0 unspecified atom stereocenters. The predicted octanol–water partition coefficient (Wildman–Crippen LogP) is -5.19. The van der Waals surface area contributed by atoms with E-state index in [1.54, 1.807) is 0 Å². The van der Waals surface area contributed by atoms with Gasteiger partial charge in [-0.3, -0.25) is 4.46 Å². The molecule has 0 aliphatic heterocycles. The van der Waals surface area contributed by atoms with Crippen LogP contribution in [0.2, 0.25) is 0 Å². The van der Waals surface area contributed by atoms with Crippen LogP contribution in [-0.4, -0.2) is 109 Å². The molecule has 0 atom stereocenters. The van der Waals surface area contributed by atoms with Gasteiger partial charge in [-0.05, 0) is 0 Å². The molecule has 0 saturated carbocycles. The minimum absolute atomic E-state index is 0. The van der Waals surface area contributed by atoms with Gasteiger partial charge in [0.05, 0.1) is 0 Å². The van der Waals surface area contributed by atoms with E-state index in [0.717, 1.165) is 0 Å². The normalized spacial score (nSPS) is 3.00. The maximum atomic E-state index is 8.74. The van der Waals surface area contributed by atoms with E-state index in [1.807, 2.05) is 0 Å². The quantitative estimate of drug-likeness (QED) is 0.376. The van der Waals surface area contributed by atoms with Gasteiger partial charge in [-0.15, -0.1) is 0 Å². The summed E-state index contributed by atoms with van der Waals surface area (Å²) in [7, 11) is -3.13. The molecule has 8 heavy (non-hydrogen) atoms. The van der Waals surface area contributed by atoms with Crippen LogP contribution in [0.5, 0.6) is 0 Å². The Morgan fingerprint density at radius 2 is 1.25 bits per heavy atom. The molecule has 0 aliphatic rings. The summed E-state index contributed by atoms with van der Waals surface area (Å²) in [5.74, 6) is 0. The van der Waals surface area contributed by atoms with Crippen LogP contribution in [0.1, 0.15) is 0 Å². The van der Waals surface area contributed by atoms with Gasteiger partial charge in [-0.2, -0.15) is 0 Å². The van der Waals surface area contributed by atoms with Gasteiger partial charge in [0, 0.05) is 0 Å². The van der Waals surface area contributed by atoms with Crippen molar-refractivity contribution in [2.24, 2.45) is 0 Å². The summed E-state index contributed by atoms with van der Waals surface area (Å²) in [4.78, 5) is 14.3. The molecule has 0 bridgehead atoms. The molecule has 0 amide bonds. The van der Waals surface area contributed by atoms with Gasteiger partial charge in [0.15, 0.2) is 17.4 Å². The first kappa shape index (κ1) is 31.6. The summed E-state index contributed by atoms with van der Waals surface area (Å²) < 4.78 is 8.74. The maximum absolute atomic E-state index is 8.74. The van der Waals surface area contributed by atoms with Crippen molar-refractivity contribution in [1.29, 1.82) is 0 Å². The zero-order chi connectivity index (χ0) is 3.58. The molecule has 0 aromatic heterocycles. The Bertz CT molecular complexity index is 39.0. The van der Waals surface area contributed by atoms with Crippen LogP contribution in [0.3, 0.4) is 0 Å². The van der Waals surface area contributed by atoms with E-state index < -0.39 is 9.17 Å². The summed E-state index contributed by atoms with van der Waals surface area (Å²) in [5, 5.41) is 0. The molecule has 0 aromatic rings. The SMILES string of the molecule is O.O=[Si](O)O.[AlH3].[CaH2].[NaH]. The molecule has 0 saturated heterocycles. The second-order valence-electron chi connectivity index (χ2n) is 0.283. The van der Waals surface area contributed by atoms with E-state index in [0.29, 0.717) is 0 Å². The van der Waals surface area contributed by atoms with Crippen molar-refractivity contribution in [3.8, 4) is 0 Å². The topological polar surface area (TPSA) is 89.0 Å². The van der Waals surface area contributed by atoms with Crippen molar-refractivity contribution < 1.29 is 19.5 Å². The first-order valence-electron chi connectivity index (χ1n) is 0.651. The molecular formula is H10AlCaNaO4Si. The standard InChI is InChI=1S/Al.Ca.Na.H2O3Si.H2O.6H/c;;;1-4(2)3;;;;;;;/h;;;1-2H;1H2;;;;;;. The van der Waals surface area contributed by atoms with Gasteiger partial charge >= 0.3 is 76.5 Å². The molecule has 0 fully saturated rings. The predicted molar refractivity (Wildman–Crippen MR) is 40.1 cm³/mol. The Hall–Kier alpha value is 2.37. The fourth-order valence-electron chi connectivity index (χ4n) is 0. The van der Waals surface area contributed by atoms with E-state index in [4.69, 9.17) is 14.1 Å². The molecule has 0 radical (unpaired) electrons. The molecule has 4 N–H and O–H groups in total. The van der Waals surface area contributed by atoms with Gasteiger partial charge in [0.25, 0.3) is 0 Å². The third kappa shape index (κ3) is 81.0. The van der Waals surface area contributed by atoms with E-state index in [9.17, 15) is 0 Å². The Kier molecular flexibility index (Phi) is 89.8. The van der Waals surface area contributed by atoms with Crippen molar-refractivity contribution in [1.82, 2.24) is 0 Å². The molecule has 0 aliphatic carbocycles. The molecule has 0 heterocycles. The van der Waals surface area contributed by atoms with Crippen LogP contribution in [0, 0.1) is 0 Å². The Morgan fingerprint density at radius 3 is 1.25 bits per heavy atom. The van der Waals surface area contributed by atoms with Crippen LogP contribution in [0.4, 0.5) is 0 Å². The Labute approximate surface area is 111 Å². The molecule has 44 valence electrons. The molecule has 0 aromatic carbocycles. The monoisotopic (exact) mass is 192 g/mol. The van der Waals surface area contributed by atoms with E-state index in [1.165, 1.54) is 0 Å². The van der Waals surface area contributed by atoms with Crippen molar-refractivity contribution in [3.05, 3.63) is 0 Å². The summed E-state index contributed by atoms with van der Waals surface area (Å²) in [6.45, 7) is 0. The second-order valence-corrected chi connectivity index (χ2v) is 0.848. The number of hydrogen-bond donors (Lipinski definition) is 2. The molecule has 8 heteroatoms. The van der Waals surface area contributed by atoms with Gasteiger partial charge in [0.1, 0.15) is 0 Å². The second kappa shape index (κ2) is 22.8. The van der Waals surface area contributed by atoms with E-state index >= 15 is 0 Å². The van der Waals surface area contributed by atoms with Crippen LogP contribution >= 0.6 is 0 Å². The average molecular weight is 192 g/mol. The Balaban J connectivity index is -0.00000000750. The van der Waals surface area contributed by atoms with Crippen molar-refractivity contribution in [2.45, 2.75) is 0 Å². The minimum atomic E-state index is -3.13. The third-order valence-corrected chi connectivity index (χ3v) is 0. The van der Waals surface area contributed by atoms with Crippen molar-refractivity contribution >= 4 is 93.8 Å².